The summed E-state index contributed by atoms with van der Waals surface area (Å²) in [4.78, 5) is 12.3. The van der Waals surface area contributed by atoms with Gasteiger partial charge in [0.2, 0.25) is 5.91 Å². The van der Waals surface area contributed by atoms with Crippen LogP contribution in [0.15, 0.2) is 36.5 Å². The quantitative estimate of drug-likeness (QED) is 0.0361. The van der Waals surface area contributed by atoms with Crippen LogP contribution in [0.4, 0.5) is 0 Å². The summed E-state index contributed by atoms with van der Waals surface area (Å²) in [5.41, 5.74) is 0. The summed E-state index contributed by atoms with van der Waals surface area (Å²) in [7, 11) is 0. The van der Waals surface area contributed by atoms with Gasteiger partial charge in [0.25, 0.3) is 0 Å². The normalized spacial score (nSPS) is 13.4. The molecule has 0 fully saturated rings. The van der Waals surface area contributed by atoms with Crippen molar-refractivity contribution in [1.29, 1.82) is 0 Å². The highest BCUT2D eigenvalue weighted by Gasteiger charge is 2.17. The molecule has 1 amide bonds. The Morgan fingerprint density at radius 3 is 1.30 bits per heavy atom. The van der Waals surface area contributed by atoms with E-state index < -0.39 is 12.1 Å². The predicted octanol–water partition coefficient (Wildman–Crippen LogP) is 12.2. The highest BCUT2D eigenvalue weighted by molar-refractivity contribution is 5.76. The lowest BCUT2D eigenvalue weighted by Gasteiger charge is -2.20. The topological polar surface area (TPSA) is 69.6 Å². The lowest BCUT2D eigenvalue weighted by molar-refractivity contribution is -0.123. The van der Waals surface area contributed by atoms with Gasteiger partial charge in [-0.3, -0.25) is 4.79 Å². The summed E-state index contributed by atoms with van der Waals surface area (Å²) in [6.45, 7) is 4.27. The SMILES string of the molecule is CCCCC/C=C\C=C/CCCCCCCCC(=O)NC(CO)C(O)/C=C/CCCCCCCCCCCCCCCCCCC. The molecule has 0 saturated carbocycles. The maximum Gasteiger partial charge on any atom is 0.220 e. The number of aliphatic hydroxyl groups excluding tert-OH is 2. The van der Waals surface area contributed by atoms with E-state index in [1.54, 1.807) is 6.08 Å². The first kappa shape index (κ1) is 44.6. The minimum atomic E-state index is -0.842. The van der Waals surface area contributed by atoms with E-state index in [9.17, 15) is 15.0 Å². The number of carbonyl (C=O) groups excluding carboxylic acids is 1. The van der Waals surface area contributed by atoms with Crippen LogP contribution >= 0.6 is 0 Å². The van der Waals surface area contributed by atoms with Gasteiger partial charge in [-0.05, 0) is 44.9 Å². The Bertz CT molecular complexity index is 701. The molecular formula is C42H79NO3. The third-order valence-corrected chi connectivity index (χ3v) is 9.15. The Morgan fingerprint density at radius 2 is 0.870 bits per heavy atom. The molecule has 0 bridgehead atoms. The maximum atomic E-state index is 12.3. The number of unbranched alkanes of at least 4 members (excludes halogenated alkanes) is 26. The molecule has 0 saturated heterocycles. The summed E-state index contributed by atoms with van der Waals surface area (Å²) >= 11 is 0. The number of hydrogen-bond acceptors (Lipinski definition) is 3. The van der Waals surface area contributed by atoms with E-state index in [2.05, 4.69) is 43.5 Å². The second-order valence-corrected chi connectivity index (χ2v) is 13.7. The molecule has 0 spiro atoms. The van der Waals surface area contributed by atoms with E-state index in [1.165, 1.54) is 148 Å². The number of hydrogen-bond donors (Lipinski definition) is 3. The van der Waals surface area contributed by atoms with Gasteiger partial charge in [0.1, 0.15) is 0 Å². The van der Waals surface area contributed by atoms with Crippen molar-refractivity contribution >= 4 is 5.91 Å². The molecule has 0 aliphatic carbocycles. The van der Waals surface area contributed by atoms with E-state index in [4.69, 9.17) is 0 Å². The minimum Gasteiger partial charge on any atom is -0.394 e. The average Bonchev–Trinajstić information content (AvgIpc) is 3.06. The monoisotopic (exact) mass is 646 g/mol. The lowest BCUT2D eigenvalue weighted by atomic mass is 10.0. The summed E-state index contributed by atoms with van der Waals surface area (Å²) < 4.78 is 0. The van der Waals surface area contributed by atoms with Crippen molar-refractivity contribution in [2.24, 2.45) is 0 Å². The van der Waals surface area contributed by atoms with Gasteiger partial charge in [-0.2, -0.15) is 0 Å². The fourth-order valence-corrected chi connectivity index (χ4v) is 5.99. The van der Waals surface area contributed by atoms with E-state index >= 15 is 0 Å². The van der Waals surface area contributed by atoms with Gasteiger partial charge in [-0.15, -0.1) is 0 Å². The summed E-state index contributed by atoms with van der Waals surface area (Å²) in [5, 5.41) is 22.9. The first-order valence-electron chi connectivity index (χ1n) is 20.2. The molecule has 2 atom stereocenters. The summed E-state index contributed by atoms with van der Waals surface area (Å²) in [6.07, 6.45) is 49.5. The van der Waals surface area contributed by atoms with Crippen LogP contribution in [0.3, 0.4) is 0 Å². The van der Waals surface area contributed by atoms with Crippen LogP contribution in [0.5, 0.6) is 0 Å². The van der Waals surface area contributed by atoms with E-state index in [-0.39, 0.29) is 12.5 Å². The van der Waals surface area contributed by atoms with E-state index in [1.807, 2.05) is 6.08 Å². The van der Waals surface area contributed by atoms with E-state index in [0.29, 0.717) is 6.42 Å². The standard InChI is InChI=1S/C42H79NO3/c1-3-5-7-9-11-13-15-17-19-20-21-22-24-25-27-29-31-33-35-37-41(45)40(39-44)43-42(46)38-36-34-32-30-28-26-23-18-16-14-12-10-8-6-4-2/h12,14,16,18,35,37,40-41,44-45H,3-11,13,15,17,19-34,36,38-39H2,1-2H3,(H,43,46)/b14-12-,18-16-,37-35+. The van der Waals surface area contributed by atoms with Crippen LogP contribution in [0, 0.1) is 0 Å². The van der Waals surface area contributed by atoms with Crippen LogP contribution in [0.1, 0.15) is 206 Å². The molecule has 0 aliphatic rings. The molecule has 3 N–H and O–H groups in total. The van der Waals surface area contributed by atoms with Crippen LogP contribution in [0.2, 0.25) is 0 Å². The van der Waals surface area contributed by atoms with Crippen molar-refractivity contribution in [2.75, 3.05) is 6.61 Å². The van der Waals surface area contributed by atoms with Crippen LogP contribution < -0.4 is 5.32 Å². The largest absolute Gasteiger partial charge is 0.394 e. The fourth-order valence-electron chi connectivity index (χ4n) is 5.99. The Morgan fingerprint density at radius 1 is 0.522 bits per heavy atom. The summed E-state index contributed by atoms with van der Waals surface area (Å²) in [6, 6.07) is -0.626. The minimum absolute atomic E-state index is 0.0763. The highest BCUT2D eigenvalue weighted by Crippen LogP contribution is 2.15. The molecule has 0 radical (unpaired) electrons. The fraction of sp³-hybridized carbons (Fsp3) is 0.833. The molecule has 0 aromatic rings. The zero-order chi connectivity index (χ0) is 33.6. The molecule has 2 unspecified atom stereocenters. The smallest absolute Gasteiger partial charge is 0.220 e. The van der Waals surface area contributed by atoms with Crippen molar-refractivity contribution < 1.29 is 15.0 Å². The van der Waals surface area contributed by atoms with Crippen molar-refractivity contribution in [3.05, 3.63) is 36.5 Å². The highest BCUT2D eigenvalue weighted by atomic mass is 16.3. The number of nitrogens with one attached hydrogen (secondary N) is 1. The molecule has 0 aliphatic heterocycles. The van der Waals surface area contributed by atoms with Crippen molar-refractivity contribution in [3.8, 4) is 0 Å². The van der Waals surface area contributed by atoms with Gasteiger partial charge in [0, 0.05) is 6.42 Å². The van der Waals surface area contributed by atoms with Gasteiger partial charge in [-0.1, -0.05) is 192 Å². The van der Waals surface area contributed by atoms with Crippen molar-refractivity contribution in [1.82, 2.24) is 5.32 Å². The molecule has 46 heavy (non-hydrogen) atoms. The predicted molar refractivity (Wildman–Crippen MR) is 202 cm³/mol. The Balaban J connectivity index is 3.61. The number of allylic oxidation sites excluding steroid dienone is 5. The maximum absolute atomic E-state index is 12.3. The first-order valence-corrected chi connectivity index (χ1v) is 20.2. The molecule has 0 heterocycles. The van der Waals surface area contributed by atoms with Gasteiger partial charge in [0.15, 0.2) is 0 Å². The zero-order valence-corrected chi connectivity index (χ0v) is 30.8. The lowest BCUT2D eigenvalue weighted by Crippen LogP contribution is -2.45. The van der Waals surface area contributed by atoms with Crippen molar-refractivity contribution in [2.45, 2.75) is 219 Å². The second-order valence-electron chi connectivity index (χ2n) is 13.7. The zero-order valence-electron chi connectivity index (χ0n) is 30.8. The van der Waals surface area contributed by atoms with E-state index in [0.717, 1.165) is 38.5 Å². The van der Waals surface area contributed by atoms with Gasteiger partial charge >= 0.3 is 0 Å². The Hall–Kier alpha value is -1.39. The van der Waals surface area contributed by atoms with Crippen LogP contribution in [-0.4, -0.2) is 34.9 Å². The Labute approximate surface area is 287 Å². The molecule has 4 heteroatoms. The van der Waals surface area contributed by atoms with Crippen LogP contribution in [-0.2, 0) is 4.79 Å². The molecule has 0 rings (SSSR count). The first-order chi connectivity index (χ1) is 22.7. The molecular weight excluding hydrogens is 566 g/mol. The number of amides is 1. The second kappa shape index (κ2) is 38.1. The molecule has 4 nitrogen and oxygen atoms in total. The van der Waals surface area contributed by atoms with Gasteiger partial charge in [0.05, 0.1) is 18.8 Å². The average molecular weight is 646 g/mol. The molecule has 0 aromatic carbocycles. The Kier molecular flexibility index (Phi) is 36.9. The molecule has 270 valence electrons. The molecule has 0 aromatic heterocycles. The third kappa shape index (κ3) is 34.0. The van der Waals surface area contributed by atoms with Crippen molar-refractivity contribution in [3.63, 3.8) is 0 Å². The van der Waals surface area contributed by atoms with Crippen LogP contribution in [0.25, 0.3) is 0 Å². The van der Waals surface area contributed by atoms with Gasteiger partial charge in [-0.25, -0.2) is 0 Å². The number of rotatable bonds is 36. The number of aliphatic hydroxyl groups is 2. The summed E-state index contributed by atoms with van der Waals surface area (Å²) in [5.74, 6) is -0.0763. The van der Waals surface area contributed by atoms with Gasteiger partial charge < -0.3 is 15.5 Å². The number of carbonyl (C=O) groups is 1. The third-order valence-electron chi connectivity index (χ3n) is 9.15.